The van der Waals surface area contributed by atoms with E-state index in [4.69, 9.17) is 18.9 Å². The van der Waals surface area contributed by atoms with Crippen LogP contribution in [0, 0.1) is 0 Å². The number of imidazole rings is 1. The van der Waals surface area contributed by atoms with E-state index >= 15 is 0 Å². The highest BCUT2D eigenvalue weighted by molar-refractivity contribution is 5.75. The fourth-order valence-electron chi connectivity index (χ4n) is 3.35. The highest BCUT2D eigenvalue weighted by Crippen LogP contribution is 2.32. The van der Waals surface area contributed by atoms with Gasteiger partial charge in [0.2, 0.25) is 5.89 Å². The number of fused-ring (bicyclic) bond motifs is 1. The molecule has 2 aromatic carbocycles. The number of methoxy groups -OCH3 is 2. The highest BCUT2D eigenvalue weighted by atomic mass is 16.5. The topological polar surface area (TPSA) is 86.7 Å². The molecule has 5 rings (SSSR count). The summed E-state index contributed by atoms with van der Waals surface area (Å²) in [5.74, 6) is 2.50. The molecule has 31 heavy (non-hydrogen) atoms. The molecule has 154 valence electrons. The lowest BCUT2D eigenvalue weighted by Gasteiger charge is -2.13. The fraction of sp³-hybridized carbons (Fsp3) is 0.0870. The van der Waals surface area contributed by atoms with Gasteiger partial charge in [-0.05, 0) is 24.3 Å². The zero-order valence-electron chi connectivity index (χ0n) is 16.9. The lowest BCUT2D eigenvalue weighted by molar-refractivity contribution is 0.355. The first-order chi connectivity index (χ1) is 15.2. The van der Waals surface area contributed by atoms with E-state index in [-0.39, 0.29) is 0 Å². The maximum Gasteiger partial charge on any atom is 0.225 e. The molecular weight excluding hydrogens is 394 g/mol. The van der Waals surface area contributed by atoms with Crippen LogP contribution < -0.4 is 14.8 Å². The van der Waals surface area contributed by atoms with Crippen LogP contribution in [-0.2, 0) is 0 Å². The molecule has 0 aliphatic carbocycles. The molecule has 0 unspecified atom stereocenters. The van der Waals surface area contributed by atoms with Crippen molar-refractivity contribution in [1.29, 1.82) is 0 Å². The van der Waals surface area contributed by atoms with E-state index in [9.17, 15) is 0 Å². The van der Waals surface area contributed by atoms with Gasteiger partial charge < -0.3 is 23.6 Å². The van der Waals surface area contributed by atoms with Gasteiger partial charge in [0.25, 0.3) is 0 Å². The molecule has 0 aliphatic heterocycles. The van der Waals surface area contributed by atoms with Gasteiger partial charge >= 0.3 is 0 Å². The Bertz CT molecular complexity index is 1330. The Kier molecular flexibility index (Phi) is 4.72. The molecule has 0 saturated heterocycles. The van der Waals surface area contributed by atoms with Gasteiger partial charge in [-0.1, -0.05) is 12.1 Å². The van der Waals surface area contributed by atoms with Crippen molar-refractivity contribution in [2.24, 2.45) is 0 Å². The van der Waals surface area contributed by atoms with Crippen molar-refractivity contribution in [3.63, 3.8) is 0 Å². The Balaban J connectivity index is 1.52. The summed E-state index contributed by atoms with van der Waals surface area (Å²) in [7, 11) is 3.21. The second-order valence-corrected chi connectivity index (χ2v) is 6.74. The molecule has 1 N–H and O–H groups in total. The number of anilines is 2. The fourth-order valence-corrected chi connectivity index (χ4v) is 3.35. The Morgan fingerprint density at radius 2 is 1.71 bits per heavy atom. The van der Waals surface area contributed by atoms with Crippen LogP contribution in [0.1, 0.15) is 0 Å². The quantitative estimate of drug-likeness (QED) is 0.427. The third kappa shape index (κ3) is 3.55. The van der Waals surface area contributed by atoms with E-state index in [0.717, 1.165) is 28.2 Å². The van der Waals surface area contributed by atoms with E-state index in [0.29, 0.717) is 23.2 Å². The Morgan fingerprint density at radius 3 is 2.45 bits per heavy atom. The Hall–Kier alpha value is -4.33. The summed E-state index contributed by atoms with van der Waals surface area (Å²) in [4.78, 5) is 13.4. The molecule has 8 nitrogen and oxygen atoms in total. The molecule has 3 aromatic heterocycles. The number of aromatic nitrogens is 4. The highest BCUT2D eigenvalue weighted by Gasteiger charge is 2.12. The number of nitrogens with zero attached hydrogens (tertiary/aromatic N) is 4. The van der Waals surface area contributed by atoms with Gasteiger partial charge in [-0.2, -0.15) is 0 Å². The van der Waals surface area contributed by atoms with Crippen LogP contribution in [0.15, 0.2) is 77.9 Å². The van der Waals surface area contributed by atoms with Crippen molar-refractivity contribution >= 4 is 17.2 Å². The van der Waals surface area contributed by atoms with Crippen LogP contribution in [0.3, 0.4) is 0 Å². The summed E-state index contributed by atoms with van der Waals surface area (Å²) >= 11 is 0. The largest absolute Gasteiger partial charge is 0.493 e. The summed E-state index contributed by atoms with van der Waals surface area (Å²) in [5, 5.41) is 3.35. The molecule has 3 heterocycles. The van der Waals surface area contributed by atoms with Crippen molar-refractivity contribution in [2.45, 2.75) is 0 Å². The average Bonchev–Trinajstić information content (AvgIpc) is 3.51. The van der Waals surface area contributed by atoms with Crippen molar-refractivity contribution in [1.82, 2.24) is 19.4 Å². The van der Waals surface area contributed by atoms with Crippen molar-refractivity contribution in [3.05, 3.63) is 73.5 Å². The molecule has 5 aromatic rings. The standard InChI is InChI=1S/C23H19N5O3/c1-29-19-8-7-17(13-20(19)30-2)26-21-22-24-9-11-28(22)14-18(27-21)15-3-5-16(6-4-15)23-25-10-12-31-23/h3-14H,1-2H3,(H,26,27). The average molecular weight is 413 g/mol. The second-order valence-electron chi connectivity index (χ2n) is 6.74. The summed E-state index contributed by atoms with van der Waals surface area (Å²) in [6, 6.07) is 13.5. The molecule has 0 atom stereocenters. The first kappa shape index (κ1) is 18.7. The molecule has 0 bridgehead atoms. The Morgan fingerprint density at radius 1 is 0.903 bits per heavy atom. The van der Waals surface area contributed by atoms with Crippen LogP contribution in [0.2, 0.25) is 0 Å². The van der Waals surface area contributed by atoms with Crippen molar-refractivity contribution in [2.75, 3.05) is 19.5 Å². The predicted molar refractivity (Wildman–Crippen MR) is 117 cm³/mol. The van der Waals surface area contributed by atoms with Crippen molar-refractivity contribution < 1.29 is 13.9 Å². The molecule has 0 fully saturated rings. The maximum absolute atomic E-state index is 5.40. The van der Waals surface area contributed by atoms with Gasteiger partial charge in [0.1, 0.15) is 6.26 Å². The van der Waals surface area contributed by atoms with Crippen LogP contribution in [0.4, 0.5) is 11.5 Å². The van der Waals surface area contributed by atoms with Crippen LogP contribution in [0.5, 0.6) is 11.5 Å². The van der Waals surface area contributed by atoms with E-state index in [1.165, 1.54) is 0 Å². The number of oxazole rings is 1. The molecule has 8 heteroatoms. The number of hydrogen-bond acceptors (Lipinski definition) is 7. The van der Waals surface area contributed by atoms with Gasteiger partial charge in [-0.3, -0.25) is 0 Å². The summed E-state index contributed by atoms with van der Waals surface area (Å²) < 4.78 is 18.0. The third-order valence-electron chi connectivity index (χ3n) is 4.88. The minimum Gasteiger partial charge on any atom is -0.493 e. The molecule has 0 spiro atoms. The van der Waals surface area contributed by atoms with E-state index in [1.807, 2.05) is 59.3 Å². The zero-order chi connectivity index (χ0) is 21.2. The number of rotatable bonds is 6. The summed E-state index contributed by atoms with van der Waals surface area (Å²) in [5.41, 5.74) is 4.19. The SMILES string of the molecule is COc1ccc(Nc2nc(-c3ccc(-c4ncco4)cc3)cn3ccnc23)cc1OC. The third-order valence-corrected chi connectivity index (χ3v) is 4.88. The lowest BCUT2D eigenvalue weighted by Crippen LogP contribution is -2.01. The Labute approximate surface area is 178 Å². The minimum atomic E-state index is 0.584. The van der Waals surface area contributed by atoms with Crippen molar-refractivity contribution in [3.8, 4) is 34.2 Å². The van der Waals surface area contributed by atoms with Crippen LogP contribution >= 0.6 is 0 Å². The maximum atomic E-state index is 5.40. The number of hydrogen-bond donors (Lipinski definition) is 1. The second kappa shape index (κ2) is 7.83. The van der Waals surface area contributed by atoms with E-state index < -0.39 is 0 Å². The zero-order valence-corrected chi connectivity index (χ0v) is 16.9. The van der Waals surface area contributed by atoms with E-state index in [1.54, 1.807) is 32.9 Å². The molecule has 0 saturated carbocycles. The van der Waals surface area contributed by atoms with Crippen LogP contribution in [-0.4, -0.2) is 33.6 Å². The normalized spacial score (nSPS) is 10.9. The molecule has 0 amide bonds. The molecular formula is C23H19N5O3. The molecule has 0 aliphatic rings. The van der Waals surface area contributed by atoms with Gasteiger partial charge in [-0.25, -0.2) is 15.0 Å². The van der Waals surface area contributed by atoms with Gasteiger partial charge in [0.15, 0.2) is 23.0 Å². The monoisotopic (exact) mass is 413 g/mol. The first-order valence-electron chi connectivity index (χ1n) is 9.58. The predicted octanol–water partition coefficient (Wildman–Crippen LogP) is 4.81. The summed E-state index contributed by atoms with van der Waals surface area (Å²) in [6.45, 7) is 0. The number of ether oxygens (including phenoxy) is 2. The smallest absolute Gasteiger partial charge is 0.225 e. The van der Waals surface area contributed by atoms with Gasteiger partial charge in [-0.15, -0.1) is 0 Å². The minimum absolute atomic E-state index is 0.584. The van der Waals surface area contributed by atoms with Gasteiger partial charge in [0.05, 0.1) is 26.1 Å². The lowest BCUT2D eigenvalue weighted by atomic mass is 10.1. The summed E-state index contributed by atoms with van der Waals surface area (Å²) in [6.07, 6.45) is 8.77. The van der Waals surface area contributed by atoms with Crippen LogP contribution in [0.25, 0.3) is 28.4 Å². The van der Waals surface area contributed by atoms with Gasteiger partial charge in [0, 0.05) is 41.5 Å². The first-order valence-corrected chi connectivity index (χ1v) is 9.58. The number of benzene rings is 2. The number of nitrogens with one attached hydrogen (secondary N) is 1. The molecule has 0 radical (unpaired) electrons. The van der Waals surface area contributed by atoms with E-state index in [2.05, 4.69) is 15.3 Å².